The fraction of sp³-hybridized carbons (Fsp3) is 0.455. The maximum absolute atomic E-state index is 12.6. The van der Waals surface area contributed by atoms with E-state index in [2.05, 4.69) is 36.4 Å². The van der Waals surface area contributed by atoms with Crippen molar-refractivity contribution in [2.24, 2.45) is 0 Å². The van der Waals surface area contributed by atoms with Gasteiger partial charge < -0.3 is 9.80 Å². The zero-order valence-electron chi connectivity index (χ0n) is 18.7. The molecule has 0 spiro atoms. The molecule has 1 fully saturated rings. The van der Waals surface area contributed by atoms with Gasteiger partial charge in [-0.2, -0.15) is 0 Å². The number of fused-ring (bicyclic) bond motifs is 1. The molecule has 2 aliphatic heterocycles. The molecule has 0 aliphatic carbocycles. The summed E-state index contributed by atoms with van der Waals surface area (Å²) in [6.45, 7) is 13.5. The number of hydrogen-bond donors (Lipinski definition) is 0. The predicted octanol–water partition coefficient (Wildman–Crippen LogP) is 6.97. The van der Waals surface area contributed by atoms with Gasteiger partial charge in [-0.05, 0) is 44.6 Å². The molecule has 0 unspecified atom stereocenters. The van der Waals surface area contributed by atoms with Crippen molar-refractivity contribution in [1.29, 1.82) is 0 Å². The minimum absolute atomic E-state index is 0.0238. The number of nitrogens with zero attached hydrogens (tertiary/aromatic N) is 3. The standard InChI is InChI=1S/C22H29Cl2N3OS2Si/c1-6-25-17-13-15(23)16(24)14-18(17)27(11-8-12-31(3,4)5)20(25)10-9-19-21(28)26(7-2)22(29)30-19/h9-10,13-14H,6-8,11-12H2,1-5H3. The zero-order chi connectivity index (χ0) is 22.9. The summed E-state index contributed by atoms with van der Waals surface area (Å²) < 4.78 is 0.616. The number of rotatable bonds is 7. The first-order valence-electron chi connectivity index (χ1n) is 10.6. The van der Waals surface area contributed by atoms with Crippen molar-refractivity contribution in [3.8, 4) is 0 Å². The van der Waals surface area contributed by atoms with E-state index >= 15 is 0 Å². The summed E-state index contributed by atoms with van der Waals surface area (Å²) >= 11 is 19.4. The highest BCUT2D eigenvalue weighted by Crippen LogP contribution is 2.46. The highest BCUT2D eigenvalue weighted by Gasteiger charge is 2.33. The van der Waals surface area contributed by atoms with Crippen LogP contribution in [0.2, 0.25) is 35.7 Å². The maximum atomic E-state index is 12.6. The van der Waals surface area contributed by atoms with E-state index in [1.165, 1.54) is 17.8 Å². The Balaban J connectivity index is 1.99. The van der Waals surface area contributed by atoms with Gasteiger partial charge in [-0.15, -0.1) is 0 Å². The Labute approximate surface area is 206 Å². The number of benzene rings is 1. The zero-order valence-corrected chi connectivity index (χ0v) is 22.8. The van der Waals surface area contributed by atoms with E-state index in [1.807, 2.05) is 31.2 Å². The number of carbonyl (C=O) groups excluding carboxylic acids is 1. The topological polar surface area (TPSA) is 26.8 Å². The van der Waals surface area contributed by atoms with Gasteiger partial charge in [0.25, 0.3) is 5.91 Å². The van der Waals surface area contributed by atoms with E-state index < -0.39 is 8.07 Å². The lowest BCUT2D eigenvalue weighted by Crippen LogP contribution is -2.30. The van der Waals surface area contributed by atoms with Crippen LogP contribution in [0.4, 0.5) is 11.4 Å². The van der Waals surface area contributed by atoms with Crippen molar-refractivity contribution in [2.75, 3.05) is 29.4 Å². The summed E-state index contributed by atoms with van der Waals surface area (Å²) in [7, 11) is -1.14. The van der Waals surface area contributed by atoms with Crippen molar-refractivity contribution >= 4 is 76.9 Å². The minimum atomic E-state index is -1.14. The molecule has 3 rings (SSSR count). The molecule has 0 N–H and O–H groups in total. The second-order valence-corrected chi connectivity index (χ2v) is 16.9. The van der Waals surface area contributed by atoms with Gasteiger partial charge in [-0.1, -0.05) is 72.9 Å². The van der Waals surface area contributed by atoms with Gasteiger partial charge in [0.1, 0.15) is 10.1 Å². The van der Waals surface area contributed by atoms with Crippen molar-refractivity contribution in [3.63, 3.8) is 0 Å². The smallest absolute Gasteiger partial charge is 0.266 e. The first-order valence-corrected chi connectivity index (χ1v) is 16.3. The van der Waals surface area contributed by atoms with Crippen LogP contribution < -0.4 is 9.80 Å². The van der Waals surface area contributed by atoms with Crippen LogP contribution in [-0.4, -0.2) is 42.8 Å². The number of amides is 1. The van der Waals surface area contributed by atoms with E-state index in [-0.39, 0.29) is 5.91 Å². The number of halogens is 2. The molecule has 0 saturated carbocycles. The average Bonchev–Trinajstić information content (AvgIpc) is 3.12. The van der Waals surface area contributed by atoms with Crippen LogP contribution >= 0.6 is 47.2 Å². The van der Waals surface area contributed by atoms with Crippen LogP contribution in [0.3, 0.4) is 0 Å². The van der Waals surface area contributed by atoms with E-state index in [9.17, 15) is 4.79 Å². The molecular weight excluding hydrogens is 485 g/mol. The normalized spacial score (nSPS) is 19.4. The second kappa shape index (κ2) is 9.87. The number of hydrogen-bond acceptors (Lipinski definition) is 5. The van der Waals surface area contributed by atoms with Gasteiger partial charge in [0.2, 0.25) is 0 Å². The highest BCUT2D eigenvalue weighted by molar-refractivity contribution is 8.26. The summed E-state index contributed by atoms with van der Waals surface area (Å²) in [6.07, 6.45) is 5.03. The Kier molecular flexibility index (Phi) is 7.85. The third-order valence-electron chi connectivity index (χ3n) is 5.35. The van der Waals surface area contributed by atoms with Crippen LogP contribution in [-0.2, 0) is 4.79 Å². The number of allylic oxidation sites excluding steroid dienone is 2. The van der Waals surface area contributed by atoms with Gasteiger partial charge in [0.15, 0.2) is 0 Å². The molecule has 168 valence electrons. The van der Waals surface area contributed by atoms with Crippen molar-refractivity contribution in [3.05, 3.63) is 45.1 Å². The summed E-state index contributed by atoms with van der Waals surface area (Å²) in [4.78, 5) is 19.5. The molecule has 31 heavy (non-hydrogen) atoms. The quantitative estimate of drug-likeness (QED) is 0.222. The molecule has 0 bridgehead atoms. The van der Waals surface area contributed by atoms with Gasteiger partial charge in [0, 0.05) is 27.7 Å². The Bertz CT molecular complexity index is 959. The lowest BCUT2D eigenvalue weighted by molar-refractivity contribution is -0.122. The van der Waals surface area contributed by atoms with E-state index in [4.69, 9.17) is 35.4 Å². The summed E-state index contributed by atoms with van der Waals surface area (Å²) in [5.41, 5.74) is 2.11. The molecular formula is C22H29Cl2N3OS2Si. The molecule has 1 amide bonds. The van der Waals surface area contributed by atoms with Gasteiger partial charge in [-0.3, -0.25) is 9.69 Å². The third-order valence-corrected chi connectivity index (χ3v) is 9.32. The van der Waals surface area contributed by atoms with E-state index in [0.717, 1.165) is 36.7 Å². The minimum Gasteiger partial charge on any atom is -0.326 e. The number of thiocarbonyl (C=S) groups is 1. The monoisotopic (exact) mass is 513 g/mol. The Hall–Kier alpha value is -0.993. The van der Waals surface area contributed by atoms with Gasteiger partial charge in [-0.25, -0.2) is 0 Å². The Morgan fingerprint density at radius 1 is 1.00 bits per heavy atom. The molecule has 4 nitrogen and oxygen atoms in total. The van der Waals surface area contributed by atoms with Crippen LogP contribution in [0.25, 0.3) is 0 Å². The molecule has 9 heteroatoms. The van der Waals surface area contributed by atoms with Crippen LogP contribution in [0.1, 0.15) is 20.3 Å². The first-order chi connectivity index (χ1) is 14.6. The van der Waals surface area contributed by atoms with Gasteiger partial charge in [0.05, 0.1) is 26.3 Å². The molecule has 1 aromatic carbocycles. The largest absolute Gasteiger partial charge is 0.326 e. The van der Waals surface area contributed by atoms with Crippen LogP contribution in [0, 0.1) is 0 Å². The number of thioether (sulfide) groups is 1. The third kappa shape index (κ3) is 5.33. The number of likely N-dealkylation sites (N-methyl/N-ethyl adjacent to an activating group) is 1. The van der Waals surface area contributed by atoms with E-state index in [1.54, 1.807) is 4.90 Å². The predicted molar refractivity (Wildman–Crippen MR) is 143 cm³/mol. The highest BCUT2D eigenvalue weighted by atomic mass is 35.5. The van der Waals surface area contributed by atoms with Crippen molar-refractivity contribution in [2.45, 2.75) is 46.0 Å². The number of carbonyl (C=O) groups is 1. The van der Waals surface area contributed by atoms with Gasteiger partial charge >= 0.3 is 0 Å². The summed E-state index contributed by atoms with van der Waals surface area (Å²) in [6, 6.07) is 5.13. The molecule has 0 atom stereocenters. The van der Waals surface area contributed by atoms with E-state index in [0.29, 0.717) is 25.8 Å². The van der Waals surface area contributed by atoms with Crippen LogP contribution in [0.5, 0.6) is 0 Å². The number of anilines is 2. The molecule has 1 aromatic rings. The maximum Gasteiger partial charge on any atom is 0.266 e. The summed E-state index contributed by atoms with van der Waals surface area (Å²) in [5, 5.41) is 1.10. The molecule has 1 saturated heterocycles. The average molecular weight is 515 g/mol. The SMILES string of the molecule is CCN1C(=O)C(=CC=C2N(CC)c3cc(Cl)c(Cl)cc3N2CCC[Si](C)(C)C)SC1=S. The lowest BCUT2D eigenvalue weighted by atomic mass is 10.2. The van der Waals surface area contributed by atoms with Crippen LogP contribution in [0.15, 0.2) is 35.0 Å². The fourth-order valence-electron chi connectivity index (χ4n) is 3.80. The first kappa shape index (κ1) is 24.6. The molecule has 0 radical (unpaired) electrons. The second-order valence-electron chi connectivity index (χ2n) is 8.79. The Morgan fingerprint density at radius 2 is 1.58 bits per heavy atom. The molecule has 2 heterocycles. The molecule has 0 aromatic heterocycles. The molecule has 2 aliphatic rings. The Morgan fingerprint density at radius 3 is 2.10 bits per heavy atom. The lowest BCUT2D eigenvalue weighted by Gasteiger charge is -2.25. The van der Waals surface area contributed by atoms with Crippen molar-refractivity contribution < 1.29 is 4.79 Å². The van der Waals surface area contributed by atoms with Crippen molar-refractivity contribution in [1.82, 2.24) is 4.90 Å². The fourth-order valence-corrected chi connectivity index (χ4v) is 6.66. The summed E-state index contributed by atoms with van der Waals surface area (Å²) in [5.74, 6) is 1.01.